The van der Waals surface area contributed by atoms with Crippen LogP contribution in [0.1, 0.15) is 25.7 Å². The van der Waals surface area contributed by atoms with E-state index in [1.54, 1.807) is 0 Å². The monoisotopic (exact) mass is 250 g/mol. The van der Waals surface area contributed by atoms with Crippen LogP contribution in [0.25, 0.3) is 0 Å². The quantitative estimate of drug-likeness (QED) is 0.776. The van der Waals surface area contributed by atoms with Gasteiger partial charge < -0.3 is 10.2 Å². The zero-order chi connectivity index (χ0) is 12.8. The number of carbonyl (C=O) groups is 1. The van der Waals surface area contributed by atoms with E-state index in [0.29, 0.717) is 6.42 Å². The average molecular weight is 250 g/mol. The van der Waals surface area contributed by atoms with E-state index in [2.05, 4.69) is 16.3 Å². The van der Waals surface area contributed by atoms with Crippen molar-refractivity contribution >= 4 is 5.91 Å². The molecule has 0 radical (unpaired) electrons. The summed E-state index contributed by atoms with van der Waals surface area (Å²) in [6.07, 6.45) is 3.91. The molecule has 18 heavy (non-hydrogen) atoms. The Morgan fingerprint density at radius 1 is 1.28 bits per heavy atom. The van der Waals surface area contributed by atoms with Crippen LogP contribution in [0.3, 0.4) is 0 Å². The van der Waals surface area contributed by atoms with Crippen LogP contribution in [0, 0.1) is 11.3 Å². The van der Waals surface area contributed by atoms with Crippen molar-refractivity contribution in [3.05, 3.63) is 0 Å². The fraction of sp³-hybridized carbons (Fsp3) is 0.846. The second-order valence-corrected chi connectivity index (χ2v) is 5.08. The molecule has 1 unspecified atom stereocenters. The number of piperazine rings is 1. The highest BCUT2D eigenvalue weighted by Crippen LogP contribution is 2.11. The number of nitrogens with one attached hydrogen (secondary N) is 1. The maximum absolute atomic E-state index is 12.3. The summed E-state index contributed by atoms with van der Waals surface area (Å²) in [4.78, 5) is 16.5. The van der Waals surface area contributed by atoms with Crippen LogP contribution in [0.4, 0.5) is 0 Å². The first-order valence-corrected chi connectivity index (χ1v) is 6.93. The van der Waals surface area contributed by atoms with E-state index in [1.807, 2.05) is 4.90 Å². The topological polar surface area (TPSA) is 59.4 Å². The van der Waals surface area contributed by atoms with Gasteiger partial charge in [0.05, 0.1) is 12.1 Å². The number of amides is 1. The van der Waals surface area contributed by atoms with Gasteiger partial charge in [-0.3, -0.25) is 9.69 Å². The van der Waals surface area contributed by atoms with E-state index in [1.165, 1.54) is 6.42 Å². The summed E-state index contributed by atoms with van der Waals surface area (Å²) in [5.41, 5.74) is 0. The molecule has 2 rings (SSSR count). The predicted octanol–water partition coefficient (Wildman–Crippen LogP) is 0.186. The molecule has 2 aliphatic heterocycles. The Kier molecular flexibility index (Phi) is 4.97. The van der Waals surface area contributed by atoms with Gasteiger partial charge in [-0.2, -0.15) is 5.26 Å². The molecule has 1 N–H and O–H groups in total. The molecule has 0 aromatic rings. The summed E-state index contributed by atoms with van der Waals surface area (Å²) >= 11 is 0. The lowest BCUT2D eigenvalue weighted by atomic mass is 10.0. The second-order valence-electron chi connectivity index (χ2n) is 5.08. The minimum Gasteiger partial charge on any atom is -0.339 e. The molecule has 1 atom stereocenters. The zero-order valence-corrected chi connectivity index (χ0v) is 10.9. The standard InChI is InChI=1S/C13H22N4O/c14-5-3-7-16-8-10-17(11-9-16)13(18)12-4-1-2-6-15-12/h12,15H,1-4,6-11H2. The summed E-state index contributed by atoms with van der Waals surface area (Å²) in [6.45, 7) is 5.23. The number of hydrogen-bond acceptors (Lipinski definition) is 4. The van der Waals surface area contributed by atoms with Crippen molar-refractivity contribution in [2.75, 3.05) is 39.3 Å². The van der Waals surface area contributed by atoms with E-state index in [-0.39, 0.29) is 11.9 Å². The van der Waals surface area contributed by atoms with Gasteiger partial charge in [0.25, 0.3) is 0 Å². The van der Waals surface area contributed by atoms with Crippen LogP contribution in [-0.2, 0) is 4.79 Å². The zero-order valence-electron chi connectivity index (χ0n) is 10.9. The van der Waals surface area contributed by atoms with Gasteiger partial charge in [-0.05, 0) is 19.4 Å². The normalized spacial score (nSPS) is 25.7. The third-order valence-electron chi connectivity index (χ3n) is 3.83. The van der Waals surface area contributed by atoms with Crippen molar-refractivity contribution in [1.29, 1.82) is 5.26 Å². The maximum atomic E-state index is 12.3. The highest BCUT2D eigenvalue weighted by atomic mass is 16.2. The summed E-state index contributed by atoms with van der Waals surface area (Å²) in [6, 6.07) is 2.21. The molecule has 2 heterocycles. The first-order valence-electron chi connectivity index (χ1n) is 6.93. The van der Waals surface area contributed by atoms with E-state index < -0.39 is 0 Å². The summed E-state index contributed by atoms with van der Waals surface area (Å²) in [5, 5.41) is 11.9. The van der Waals surface area contributed by atoms with Gasteiger partial charge in [0.1, 0.15) is 0 Å². The Balaban J connectivity index is 1.75. The van der Waals surface area contributed by atoms with E-state index >= 15 is 0 Å². The lowest BCUT2D eigenvalue weighted by Crippen LogP contribution is -2.55. The molecule has 5 heteroatoms. The maximum Gasteiger partial charge on any atom is 0.239 e. The van der Waals surface area contributed by atoms with Gasteiger partial charge in [-0.15, -0.1) is 0 Å². The first-order chi connectivity index (χ1) is 8.81. The predicted molar refractivity (Wildman–Crippen MR) is 68.9 cm³/mol. The van der Waals surface area contributed by atoms with E-state index in [9.17, 15) is 4.79 Å². The highest BCUT2D eigenvalue weighted by molar-refractivity contribution is 5.82. The van der Waals surface area contributed by atoms with Gasteiger partial charge in [0, 0.05) is 39.1 Å². The lowest BCUT2D eigenvalue weighted by Gasteiger charge is -2.37. The fourth-order valence-electron chi connectivity index (χ4n) is 2.68. The van der Waals surface area contributed by atoms with E-state index in [0.717, 1.165) is 52.1 Å². The molecule has 2 saturated heterocycles. The Hall–Kier alpha value is -1.12. The molecule has 100 valence electrons. The molecule has 5 nitrogen and oxygen atoms in total. The molecule has 2 aliphatic rings. The van der Waals surface area contributed by atoms with Crippen LogP contribution in [-0.4, -0.2) is 61.0 Å². The first kappa shape index (κ1) is 13.3. The Morgan fingerprint density at radius 3 is 2.67 bits per heavy atom. The smallest absolute Gasteiger partial charge is 0.239 e. The Bertz CT molecular complexity index is 311. The molecule has 0 aliphatic carbocycles. The second kappa shape index (κ2) is 6.72. The Morgan fingerprint density at radius 2 is 2.06 bits per heavy atom. The number of carbonyl (C=O) groups excluding carboxylic acids is 1. The third-order valence-corrected chi connectivity index (χ3v) is 3.83. The van der Waals surface area contributed by atoms with Gasteiger partial charge >= 0.3 is 0 Å². The SMILES string of the molecule is N#CCCN1CCN(C(=O)C2CCCCN2)CC1. The van der Waals surface area contributed by atoms with Gasteiger partial charge in [0.2, 0.25) is 5.91 Å². The molecule has 1 amide bonds. The summed E-state index contributed by atoms with van der Waals surface area (Å²) in [5.74, 6) is 0.273. The van der Waals surface area contributed by atoms with Crippen molar-refractivity contribution in [1.82, 2.24) is 15.1 Å². The third kappa shape index (κ3) is 3.44. The molecule has 0 aromatic heterocycles. The minimum atomic E-state index is 0.0457. The van der Waals surface area contributed by atoms with Crippen LogP contribution in [0.2, 0.25) is 0 Å². The minimum absolute atomic E-state index is 0.0457. The summed E-state index contributed by atoms with van der Waals surface area (Å²) < 4.78 is 0. The van der Waals surface area contributed by atoms with Crippen molar-refractivity contribution in [2.45, 2.75) is 31.7 Å². The molecule has 0 aromatic carbocycles. The highest BCUT2D eigenvalue weighted by Gasteiger charge is 2.27. The van der Waals surface area contributed by atoms with Crippen molar-refractivity contribution in [3.63, 3.8) is 0 Å². The molecule has 0 bridgehead atoms. The molecular formula is C13H22N4O. The number of nitriles is 1. The number of rotatable bonds is 3. The number of nitrogens with zero attached hydrogens (tertiary/aromatic N) is 3. The van der Waals surface area contributed by atoms with Gasteiger partial charge in [-0.25, -0.2) is 0 Å². The lowest BCUT2D eigenvalue weighted by molar-refractivity contribution is -0.135. The summed E-state index contributed by atoms with van der Waals surface area (Å²) in [7, 11) is 0. The van der Waals surface area contributed by atoms with Gasteiger partial charge in [-0.1, -0.05) is 6.42 Å². The number of piperidine rings is 1. The molecule has 0 saturated carbocycles. The van der Waals surface area contributed by atoms with Crippen LogP contribution >= 0.6 is 0 Å². The molecular weight excluding hydrogens is 228 g/mol. The number of hydrogen-bond donors (Lipinski definition) is 1. The average Bonchev–Trinajstić information content (AvgIpc) is 2.46. The molecule has 0 spiro atoms. The fourth-order valence-corrected chi connectivity index (χ4v) is 2.68. The van der Waals surface area contributed by atoms with E-state index in [4.69, 9.17) is 5.26 Å². The largest absolute Gasteiger partial charge is 0.339 e. The van der Waals surface area contributed by atoms with Crippen LogP contribution in [0.15, 0.2) is 0 Å². The van der Waals surface area contributed by atoms with Crippen LogP contribution in [0.5, 0.6) is 0 Å². The Labute approximate surface area is 109 Å². The van der Waals surface area contributed by atoms with Crippen molar-refractivity contribution in [3.8, 4) is 6.07 Å². The van der Waals surface area contributed by atoms with Crippen molar-refractivity contribution in [2.24, 2.45) is 0 Å². The van der Waals surface area contributed by atoms with Gasteiger partial charge in [0.15, 0.2) is 0 Å². The van der Waals surface area contributed by atoms with Crippen molar-refractivity contribution < 1.29 is 4.79 Å². The van der Waals surface area contributed by atoms with Crippen LogP contribution < -0.4 is 5.32 Å². The molecule has 2 fully saturated rings.